The Balaban J connectivity index is 0.000000231. The number of carbonyl (C=O) groups is 2. The Bertz CT molecular complexity index is 512. The summed E-state index contributed by atoms with van der Waals surface area (Å²) in [6, 6.07) is 0.911. The first kappa shape index (κ1) is 26.0. The van der Waals surface area contributed by atoms with E-state index in [2.05, 4.69) is 10.6 Å². The van der Waals surface area contributed by atoms with Gasteiger partial charge < -0.3 is 20.5 Å². The summed E-state index contributed by atoms with van der Waals surface area (Å²) in [5, 5.41) is 15.5. The minimum atomic E-state index is -0.979. The van der Waals surface area contributed by atoms with Crippen LogP contribution in [0.2, 0.25) is 0 Å². The van der Waals surface area contributed by atoms with Crippen LogP contribution in [-0.4, -0.2) is 40.9 Å². The zero-order chi connectivity index (χ0) is 22.7. The van der Waals surface area contributed by atoms with Crippen LogP contribution < -0.4 is 10.6 Å². The Morgan fingerprint density at radius 2 is 1.19 bits per heavy atom. The highest BCUT2D eigenvalue weighted by Crippen LogP contribution is 2.27. The summed E-state index contributed by atoms with van der Waals surface area (Å²) >= 11 is 0. The third-order valence-electron chi connectivity index (χ3n) is 6.74. The lowest BCUT2D eigenvalue weighted by molar-refractivity contribution is -0.141. The van der Waals surface area contributed by atoms with Crippen LogP contribution in [-0.2, 0) is 9.53 Å². The van der Waals surface area contributed by atoms with Gasteiger partial charge in [-0.1, -0.05) is 57.8 Å². The summed E-state index contributed by atoms with van der Waals surface area (Å²) in [6.07, 6.45) is 18.8. The van der Waals surface area contributed by atoms with E-state index in [0.717, 1.165) is 44.2 Å². The first-order valence-corrected chi connectivity index (χ1v) is 12.7. The van der Waals surface area contributed by atoms with Gasteiger partial charge >= 0.3 is 12.1 Å². The smallest absolute Gasteiger partial charge is 0.408 e. The fourth-order valence-electron chi connectivity index (χ4n) is 5.16. The fraction of sp³-hybridized carbons (Fsp3) is 0.920. The molecule has 0 aliphatic heterocycles. The van der Waals surface area contributed by atoms with E-state index in [1.807, 2.05) is 0 Å². The second-order valence-electron chi connectivity index (χ2n) is 10.7. The molecule has 1 amide bonds. The number of alkyl carbamates (subject to hydrolysis) is 1. The molecular formula is C25H46N2O4. The van der Waals surface area contributed by atoms with Gasteiger partial charge in [0.25, 0.3) is 0 Å². The SMILES string of the molecule is C1CCC(NC2CCCCC2)CC1.CC(C)(C)OC(=O)NC(C(=O)O)C1CCCCC1. The molecule has 3 fully saturated rings. The van der Waals surface area contributed by atoms with Gasteiger partial charge in [-0.25, -0.2) is 9.59 Å². The number of rotatable bonds is 5. The molecule has 180 valence electrons. The Hall–Kier alpha value is -1.30. The molecule has 0 radical (unpaired) electrons. The topological polar surface area (TPSA) is 87.7 Å². The second kappa shape index (κ2) is 13.3. The van der Waals surface area contributed by atoms with Crippen molar-refractivity contribution in [1.29, 1.82) is 0 Å². The van der Waals surface area contributed by atoms with Gasteiger partial charge in [0.2, 0.25) is 0 Å². The number of ether oxygens (including phenoxy) is 1. The van der Waals surface area contributed by atoms with Gasteiger partial charge in [-0.15, -0.1) is 0 Å². The lowest BCUT2D eigenvalue weighted by Crippen LogP contribution is -2.48. The van der Waals surface area contributed by atoms with Crippen molar-refractivity contribution in [1.82, 2.24) is 10.6 Å². The molecule has 0 spiro atoms. The van der Waals surface area contributed by atoms with Gasteiger partial charge in [0.15, 0.2) is 0 Å². The molecule has 3 N–H and O–H groups in total. The number of carboxylic acids is 1. The number of amides is 1. The molecule has 3 aliphatic carbocycles. The molecular weight excluding hydrogens is 392 g/mol. The van der Waals surface area contributed by atoms with Crippen molar-refractivity contribution < 1.29 is 19.4 Å². The third kappa shape index (κ3) is 10.7. The highest BCUT2D eigenvalue weighted by Gasteiger charge is 2.32. The zero-order valence-electron chi connectivity index (χ0n) is 20.1. The van der Waals surface area contributed by atoms with E-state index >= 15 is 0 Å². The molecule has 0 aromatic rings. The van der Waals surface area contributed by atoms with Crippen molar-refractivity contribution in [3.63, 3.8) is 0 Å². The molecule has 6 nitrogen and oxygen atoms in total. The van der Waals surface area contributed by atoms with Crippen LogP contribution in [0.1, 0.15) is 117 Å². The second-order valence-corrected chi connectivity index (χ2v) is 10.7. The minimum absolute atomic E-state index is 0.0174. The zero-order valence-corrected chi connectivity index (χ0v) is 20.1. The molecule has 0 saturated heterocycles. The molecule has 3 rings (SSSR count). The van der Waals surface area contributed by atoms with Crippen molar-refractivity contribution in [2.24, 2.45) is 5.92 Å². The summed E-state index contributed by atoms with van der Waals surface area (Å²) in [7, 11) is 0. The van der Waals surface area contributed by atoms with Crippen LogP contribution in [0.4, 0.5) is 4.79 Å². The molecule has 1 atom stereocenters. The molecule has 6 heteroatoms. The van der Waals surface area contributed by atoms with Gasteiger partial charge in [0, 0.05) is 12.1 Å². The van der Waals surface area contributed by atoms with Crippen LogP contribution in [0.3, 0.4) is 0 Å². The fourth-order valence-corrected chi connectivity index (χ4v) is 5.16. The van der Waals surface area contributed by atoms with E-state index in [9.17, 15) is 14.7 Å². The van der Waals surface area contributed by atoms with Gasteiger partial charge in [0.1, 0.15) is 11.6 Å². The van der Waals surface area contributed by atoms with Crippen LogP contribution in [0.5, 0.6) is 0 Å². The van der Waals surface area contributed by atoms with Crippen LogP contribution in [0.15, 0.2) is 0 Å². The molecule has 3 aliphatic rings. The molecule has 0 aromatic heterocycles. The Kier molecular flexibility index (Phi) is 11.1. The summed E-state index contributed by atoms with van der Waals surface area (Å²) in [5.74, 6) is -0.962. The highest BCUT2D eigenvalue weighted by molar-refractivity contribution is 5.80. The highest BCUT2D eigenvalue weighted by atomic mass is 16.6. The molecule has 31 heavy (non-hydrogen) atoms. The van der Waals surface area contributed by atoms with Crippen molar-refractivity contribution >= 4 is 12.1 Å². The maximum Gasteiger partial charge on any atom is 0.408 e. The van der Waals surface area contributed by atoms with Crippen LogP contribution in [0, 0.1) is 5.92 Å². The van der Waals surface area contributed by atoms with Gasteiger partial charge in [-0.05, 0) is 65.2 Å². The summed E-state index contributed by atoms with van der Waals surface area (Å²) in [4.78, 5) is 22.8. The predicted molar refractivity (Wildman–Crippen MR) is 124 cm³/mol. The quantitative estimate of drug-likeness (QED) is 0.506. The molecule has 0 aromatic carbocycles. The van der Waals surface area contributed by atoms with E-state index in [-0.39, 0.29) is 5.92 Å². The Morgan fingerprint density at radius 1 is 0.774 bits per heavy atom. The van der Waals surface area contributed by atoms with Gasteiger partial charge in [0.05, 0.1) is 0 Å². The molecule has 3 saturated carbocycles. The largest absolute Gasteiger partial charge is 0.480 e. The van der Waals surface area contributed by atoms with E-state index in [1.165, 1.54) is 64.2 Å². The number of nitrogens with one attached hydrogen (secondary N) is 2. The van der Waals surface area contributed by atoms with Crippen molar-refractivity contribution in [3.05, 3.63) is 0 Å². The van der Waals surface area contributed by atoms with E-state index in [0.29, 0.717) is 0 Å². The number of aliphatic carboxylic acids is 1. The Morgan fingerprint density at radius 3 is 1.58 bits per heavy atom. The average molecular weight is 439 g/mol. The van der Waals surface area contributed by atoms with Crippen molar-refractivity contribution in [2.45, 2.75) is 141 Å². The standard InChI is InChI=1S/C13H23NO4.C12H23N/c1-13(2,3)18-12(17)14-10(11(15)16)9-7-5-4-6-8-9;1-3-7-11(8-4-1)13-12-9-5-2-6-10-12/h9-10H,4-8H2,1-3H3,(H,14,17)(H,15,16);11-13H,1-10H2. The maximum atomic E-state index is 11.6. The van der Waals surface area contributed by atoms with Crippen LogP contribution in [0.25, 0.3) is 0 Å². The van der Waals surface area contributed by atoms with Crippen molar-refractivity contribution in [2.75, 3.05) is 0 Å². The number of carbonyl (C=O) groups excluding carboxylic acids is 1. The molecule has 0 heterocycles. The number of hydrogen-bond acceptors (Lipinski definition) is 4. The average Bonchev–Trinajstić information content (AvgIpc) is 2.73. The lowest BCUT2D eigenvalue weighted by atomic mass is 9.84. The monoisotopic (exact) mass is 438 g/mol. The van der Waals surface area contributed by atoms with E-state index in [1.54, 1.807) is 20.8 Å². The normalized spacial score (nSPS) is 22.7. The maximum absolute atomic E-state index is 11.6. The lowest BCUT2D eigenvalue weighted by Gasteiger charge is -2.30. The van der Waals surface area contributed by atoms with Gasteiger partial charge in [-0.3, -0.25) is 0 Å². The predicted octanol–water partition coefficient (Wildman–Crippen LogP) is 5.79. The minimum Gasteiger partial charge on any atom is -0.480 e. The summed E-state index contributed by atoms with van der Waals surface area (Å²) < 4.78 is 5.10. The van der Waals surface area contributed by atoms with Crippen molar-refractivity contribution in [3.8, 4) is 0 Å². The van der Waals surface area contributed by atoms with Crippen LogP contribution >= 0.6 is 0 Å². The van der Waals surface area contributed by atoms with Gasteiger partial charge in [-0.2, -0.15) is 0 Å². The third-order valence-corrected chi connectivity index (χ3v) is 6.74. The summed E-state index contributed by atoms with van der Waals surface area (Å²) in [5.41, 5.74) is -0.611. The first-order chi connectivity index (χ1) is 14.7. The van der Waals surface area contributed by atoms with E-state index in [4.69, 9.17) is 4.74 Å². The summed E-state index contributed by atoms with van der Waals surface area (Å²) in [6.45, 7) is 5.26. The molecule has 1 unspecified atom stereocenters. The first-order valence-electron chi connectivity index (χ1n) is 12.7. The molecule has 0 bridgehead atoms. The number of hydrogen-bond donors (Lipinski definition) is 3. The Labute approximate surface area is 189 Å². The van der Waals surface area contributed by atoms with E-state index < -0.39 is 23.7 Å². The number of carboxylic acid groups (broad SMARTS) is 1.